The molecule has 176 valence electrons. The highest BCUT2D eigenvalue weighted by Gasteiger charge is 2.52. The number of carbonyl (C=O) groups excluding carboxylic acids is 1. The fourth-order valence-electron chi connectivity index (χ4n) is 5.02. The van der Waals surface area contributed by atoms with Crippen molar-refractivity contribution >= 4 is 35.1 Å². The Hall–Kier alpha value is -3.43. The molecule has 2 saturated carbocycles. The zero-order valence-electron chi connectivity index (χ0n) is 19.3. The number of amides is 1. The molecule has 10 nitrogen and oxygen atoms in total. The third-order valence-electron chi connectivity index (χ3n) is 6.66. The molecule has 2 aliphatic rings. The van der Waals surface area contributed by atoms with Crippen LogP contribution in [0.1, 0.15) is 48.9 Å². The quantitative estimate of drug-likeness (QED) is 0.452. The summed E-state index contributed by atoms with van der Waals surface area (Å²) in [5.74, 6) is 1.80. The van der Waals surface area contributed by atoms with Gasteiger partial charge in [-0.05, 0) is 67.7 Å². The number of aliphatic carboxylic acids is 1. The molecule has 0 bridgehead atoms. The van der Waals surface area contributed by atoms with Gasteiger partial charge in [0.05, 0.1) is 5.56 Å². The summed E-state index contributed by atoms with van der Waals surface area (Å²) in [4.78, 5) is 30.2. The van der Waals surface area contributed by atoms with E-state index in [-0.39, 0.29) is 18.4 Å². The summed E-state index contributed by atoms with van der Waals surface area (Å²) in [6.07, 6.45) is 5.24. The second-order valence-electron chi connectivity index (χ2n) is 9.42. The number of rotatable bonds is 9. The highest BCUT2D eigenvalue weighted by molar-refractivity contribution is 6.07. The van der Waals surface area contributed by atoms with E-state index in [2.05, 4.69) is 31.1 Å². The maximum absolute atomic E-state index is 13.0. The van der Waals surface area contributed by atoms with Crippen LogP contribution in [0.25, 0.3) is 0 Å². The zero-order valence-corrected chi connectivity index (χ0v) is 19.3. The van der Waals surface area contributed by atoms with Gasteiger partial charge in [0.2, 0.25) is 0 Å². The summed E-state index contributed by atoms with van der Waals surface area (Å²) in [6, 6.07) is 7.27. The van der Waals surface area contributed by atoms with Crippen LogP contribution in [0.4, 0.5) is 23.3 Å². The SMILES string of the molecule is CNc1ccc(C(=O)Nc2ccc(N(C)C)nn2)c(NC2CC3(CC(CCC(=O)O)C3)C2)n1. The van der Waals surface area contributed by atoms with Crippen LogP contribution in [-0.2, 0) is 4.79 Å². The molecule has 2 aromatic rings. The summed E-state index contributed by atoms with van der Waals surface area (Å²) >= 11 is 0. The monoisotopic (exact) mass is 453 g/mol. The molecule has 33 heavy (non-hydrogen) atoms. The first-order valence-corrected chi connectivity index (χ1v) is 11.3. The van der Waals surface area contributed by atoms with Crippen molar-refractivity contribution in [2.75, 3.05) is 42.0 Å². The average molecular weight is 454 g/mol. The molecule has 4 N–H and O–H groups in total. The molecule has 0 radical (unpaired) electrons. The highest BCUT2D eigenvalue weighted by atomic mass is 16.4. The Morgan fingerprint density at radius 1 is 1.09 bits per heavy atom. The van der Waals surface area contributed by atoms with Gasteiger partial charge in [-0.15, -0.1) is 10.2 Å². The highest BCUT2D eigenvalue weighted by Crippen LogP contribution is 2.60. The Morgan fingerprint density at radius 2 is 1.82 bits per heavy atom. The van der Waals surface area contributed by atoms with E-state index in [0.29, 0.717) is 40.2 Å². The molecule has 0 atom stereocenters. The van der Waals surface area contributed by atoms with Crippen molar-refractivity contribution in [1.29, 1.82) is 0 Å². The van der Waals surface area contributed by atoms with Crippen LogP contribution in [0.2, 0.25) is 0 Å². The zero-order chi connectivity index (χ0) is 23.6. The van der Waals surface area contributed by atoms with E-state index in [1.54, 1.807) is 31.3 Å². The first-order chi connectivity index (χ1) is 15.8. The van der Waals surface area contributed by atoms with Crippen molar-refractivity contribution in [3.05, 3.63) is 29.8 Å². The van der Waals surface area contributed by atoms with Gasteiger partial charge in [0.25, 0.3) is 5.91 Å². The second kappa shape index (κ2) is 9.21. The fraction of sp³-hybridized carbons (Fsp3) is 0.522. The number of carboxylic acids is 1. The number of pyridine rings is 1. The van der Waals surface area contributed by atoms with Gasteiger partial charge >= 0.3 is 5.97 Å². The van der Waals surface area contributed by atoms with Crippen molar-refractivity contribution in [1.82, 2.24) is 15.2 Å². The summed E-state index contributed by atoms with van der Waals surface area (Å²) in [7, 11) is 5.54. The Bertz CT molecular complexity index is 1010. The largest absolute Gasteiger partial charge is 0.481 e. The Kier molecular flexibility index (Phi) is 6.35. The molecule has 2 heterocycles. The number of nitrogens with one attached hydrogen (secondary N) is 3. The van der Waals surface area contributed by atoms with E-state index >= 15 is 0 Å². The Labute approximate surface area is 193 Å². The molecule has 2 fully saturated rings. The van der Waals surface area contributed by atoms with Gasteiger partial charge < -0.3 is 26.0 Å². The summed E-state index contributed by atoms with van der Waals surface area (Å²) in [6.45, 7) is 0. The third kappa shape index (κ3) is 5.15. The normalized spacial score (nSPS) is 23.2. The van der Waals surface area contributed by atoms with E-state index in [0.717, 1.165) is 32.1 Å². The van der Waals surface area contributed by atoms with Crippen LogP contribution >= 0.6 is 0 Å². The van der Waals surface area contributed by atoms with Crippen LogP contribution in [-0.4, -0.2) is 59.3 Å². The van der Waals surface area contributed by atoms with Crippen LogP contribution in [0.3, 0.4) is 0 Å². The molecule has 4 rings (SSSR count). The maximum Gasteiger partial charge on any atom is 0.303 e. The average Bonchev–Trinajstić information content (AvgIpc) is 2.73. The van der Waals surface area contributed by atoms with Crippen molar-refractivity contribution in [2.24, 2.45) is 11.3 Å². The van der Waals surface area contributed by atoms with E-state index < -0.39 is 5.97 Å². The van der Waals surface area contributed by atoms with Crippen molar-refractivity contribution < 1.29 is 14.7 Å². The van der Waals surface area contributed by atoms with Gasteiger partial charge in [-0.2, -0.15) is 0 Å². The van der Waals surface area contributed by atoms with E-state index in [1.165, 1.54) is 0 Å². The van der Waals surface area contributed by atoms with Crippen LogP contribution < -0.4 is 20.9 Å². The standard InChI is InChI=1S/C23H31N7O3/c1-24-17-6-5-16(22(33)27-18-7-8-19(29-28-18)30(2)3)21(26-17)25-15-12-23(13-15)10-14(11-23)4-9-20(31)32/h5-8,14-15H,4,9-13H2,1-3H3,(H,31,32)(H2,24,25,26)(H,27,28,33). The van der Waals surface area contributed by atoms with Gasteiger partial charge in [-0.1, -0.05) is 0 Å². The molecule has 0 saturated heterocycles. The lowest BCUT2D eigenvalue weighted by molar-refractivity contribution is -0.138. The van der Waals surface area contributed by atoms with Crippen LogP contribution in [0.15, 0.2) is 24.3 Å². The van der Waals surface area contributed by atoms with Gasteiger partial charge in [0, 0.05) is 33.6 Å². The molecule has 1 spiro atoms. The number of carbonyl (C=O) groups is 2. The summed E-state index contributed by atoms with van der Waals surface area (Å²) in [5.41, 5.74) is 0.773. The lowest BCUT2D eigenvalue weighted by Gasteiger charge is -2.58. The predicted octanol–water partition coefficient (Wildman–Crippen LogP) is 3.07. The van der Waals surface area contributed by atoms with Crippen molar-refractivity contribution in [3.63, 3.8) is 0 Å². The smallest absolute Gasteiger partial charge is 0.303 e. The van der Waals surface area contributed by atoms with Gasteiger partial charge in [0.1, 0.15) is 11.6 Å². The molecular formula is C23H31N7O3. The predicted molar refractivity (Wildman–Crippen MR) is 127 cm³/mol. The number of anilines is 4. The fourth-order valence-corrected chi connectivity index (χ4v) is 5.02. The van der Waals surface area contributed by atoms with Gasteiger partial charge in [-0.3, -0.25) is 9.59 Å². The molecule has 0 unspecified atom stereocenters. The summed E-state index contributed by atoms with van der Waals surface area (Å²) in [5, 5.41) is 26.3. The third-order valence-corrected chi connectivity index (χ3v) is 6.66. The lowest BCUT2D eigenvalue weighted by Crippen LogP contribution is -2.52. The molecule has 2 aliphatic carbocycles. The minimum absolute atomic E-state index is 0.246. The first-order valence-electron chi connectivity index (χ1n) is 11.3. The number of aromatic nitrogens is 3. The molecule has 0 aromatic carbocycles. The van der Waals surface area contributed by atoms with E-state index in [1.807, 2.05) is 19.0 Å². The van der Waals surface area contributed by atoms with Crippen molar-refractivity contribution in [3.8, 4) is 0 Å². The first kappa shape index (κ1) is 22.8. The minimum Gasteiger partial charge on any atom is -0.481 e. The molecule has 1 amide bonds. The minimum atomic E-state index is -0.718. The van der Waals surface area contributed by atoms with Crippen LogP contribution in [0, 0.1) is 11.3 Å². The van der Waals surface area contributed by atoms with Crippen molar-refractivity contribution in [2.45, 2.75) is 44.6 Å². The molecule has 10 heteroatoms. The number of carboxylic acid groups (broad SMARTS) is 1. The topological polar surface area (TPSA) is 132 Å². The lowest BCUT2D eigenvalue weighted by atomic mass is 9.49. The second-order valence-corrected chi connectivity index (χ2v) is 9.42. The van der Waals surface area contributed by atoms with E-state index in [4.69, 9.17) is 5.11 Å². The van der Waals surface area contributed by atoms with Gasteiger partial charge in [0.15, 0.2) is 11.6 Å². The molecule has 2 aromatic heterocycles. The Balaban J connectivity index is 1.37. The van der Waals surface area contributed by atoms with Gasteiger partial charge in [-0.25, -0.2) is 4.98 Å². The summed E-state index contributed by atoms with van der Waals surface area (Å²) < 4.78 is 0. The Morgan fingerprint density at radius 3 is 2.42 bits per heavy atom. The van der Waals surface area contributed by atoms with Crippen LogP contribution in [0.5, 0.6) is 0 Å². The molecule has 0 aliphatic heterocycles. The maximum atomic E-state index is 13.0. The number of hydrogen-bond donors (Lipinski definition) is 4. The molecular weight excluding hydrogens is 422 g/mol. The number of nitrogens with zero attached hydrogens (tertiary/aromatic N) is 4. The van der Waals surface area contributed by atoms with E-state index in [9.17, 15) is 9.59 Å². The number of hydrogen-bond acceptors (Lipinski definition) is 8.